The average molecular weight is 628 g/mol. The fourth-order valence-corrected chi connectivity index (χ4v) is 6.02. The van der Waals surface area contributed by atoms with Crippen LogP contribution in [0.4, 0.5) is 5.69 Å². The molecule has 1 aliphatic rings. The van der Waals surface area contributed by atoms with E-state index >= 15 is 0 Å². The van der Waals surface area contributed by atoms with E-state index in [1.54, 1.807) is 33.5 Å². The Kier molecular flexibility index (Phi) is 10.4. The molecule has 0 radical (unpaired) electrons. The molecular weight excluding hydrogens is 586 g/mol. The topological polar surface area (TPSA) is 144 Å². The van der Waals surface area contributed by atoms with E-state index in [9.17, 15) is 14.4 Å². The minimum absolute atomic E-state index is 0.0367. The first-order valence-electron chi connectivity index (χ1n) is 15.5. The minimum atomic E-state index is -0.384. The van der Waals surface area contributed by atoms with Gasteiger partial charge in [0.05, 0.1) is 44.1 Å². The molecule has 0 unspecified atom stereocenters. The number of carbonyl (C=O) groups excluding carboxylic acids is 2. The van der Waals surface area contributed by atoms with Crippen LogP contribution in [-0.2, 0) is 22.4 Å². The summed E-state index contributed by atoms with van der Waals surface area (Å²) in [4.78, 5) is 46.0. The van der Waals surface area contributed by atoms with Crippen LogP contribution in [0.3, 0.4) is 0 Å². The number of hydrogen-bond acceptors (Lipinski definition) is 8. The highest BCUT2D eigenvalue weighted by molar-refractivity contribution is 5.84. The maximum atomic E-state index is 13.5. The molecule has 1 aromatic heterocycles. The number of aryl methyl sites for hydroxylation is 2. The zero-order chi connectivity index (χ0) is 32.6. The second kappa shape index (κ2) is 14.8. The number of anilines is 1. The number of fused-ring (bicyclic) bond motifs is 4. The highest BCUT2D eigenvalue weighted by Gasteiger charge is 2.29. The van der Waals surface area contributed by atoms with Crippen molar-refractivity contribution in [1.82, 2.24) is 20.6 Å². The molecule has 1 aliphatic carbocycles. The molecule has 0 bridgehead atoms. The molecule has 0 saturated heterocycles. The number of carbonyl (C=O) groups is 2. The van der Waals surface area contributed by atoms with Crippen molar-refractivity contribution < 1.29 is 23.8 Å². The summed E-state index contributed by atoms with van der Waals surface area (Å²) in [6.07, 6.45) is 3.61. The van der Waals surface area contributed by atoms with Crippen molar-refractivity contribution in [2.75, 3.05) is 39.7 Å². The first-order chi connectivity index (χ1) is 22.3. The van der Waals surface area contributed by atoms with Crippen LogP contribution in [-0.4, -0.2) is 56.2 Å². The van der Waals surface area contributed by atoms with E-state index < -0.39 is 0 Å². The Morgan fingerprint density at radius 1 is 0.978 bits per heavy atom. The average Bonchev–Trinajstić information content (AvgIpc) is 3.33. The van der Waals surface area contributed by atoms with Crippen LogP contribution >= 0.6 is 0 Å². The zero-order valence-corrected chi connectivity index (χ0v) is 26.7. The van der Waals surface area contributed by atoms with Crippen molar-refractivity contribution in [2.24, 2.45) is 0 Å². The number of para-hydroxylation sites is 2. The summed E-state index contributed by atoms with van der Waals surface area (Å²) in [5.41, 5.74) is 5.35. The molecule has 0 saturated carbocycles. The number of nitrogens with one attached hydrogen (secondary N) is 4. The van der Waals surface area contributed by atoms with Gasteiger partial charge in [-0.15, -0.1) is 0 Å². The fourth-order valence-electron chi connectivity index (χ4n) is 6.02. The van der Waals surface area contributed by atoms with E-state index in [1.165, 1.54) is 6.92 Å². The Morgan fingerprint density at radius 3 is 2.52 bits per heavy atom. The number of imidazole rings is 1. The molecule has 11 nitrogen and oxygen atoms in total. The SMILES string of the molecule is COc1cc2c(c(OC)c1OC)-c1ccc(NCCCC(=O)NCCCc3nc4ccccc4[nH]3)c(=O)cc1[C@@H](NC(C)=O)CC2. The number of ether oxygens (including phenoxy) is 3. The van der Waals surface area contributed by atoms with E-state index in [2.05, 4.69) is 25.9 Å². The van der Waals surface area contributed by atoms with E-state index in [0.29, 0.717) is 67.3 Å². The van der Waals surface area contributed by atoms with Gasteiger partial charge < -0.3 is 35.1 Å². The Labute approximate surface area is 268 Å². The van der Waals surface area contributed by atoms with Gasteiger partial charge >= 0.3 is 0 Å². The third kappa shape index (κ3) is 7.25. The van der Waals surface area contributed by atoms with Gasteiger partial charge in [0.15, 0.2) is 11.5 Å². The molecular formula is C35H41N5O6. The third-order valence-corrected chi connectivity index (χ3v) is 8.16. The number of hydrogen-bond donors (Lipinski definition) is 4. The van der Waals surface area contributed by atoms with Gasteiger partial charge in [0, 0.05) is 38.4 Å². The molecule has 0 spiro atoms. The quantitative estimate of drug-likeness (QED) is 0.157. The molecule has 5 rings (SSSR count). The zero-order valence-electron chi connectivity index (χ0n) is 26.7. The highest BCUT2D eigenvalue weighted by Crippen LogP contribution is 2.50. The third-order valence-electron chi connectivity index (χ3n) is 8.16. The summed E-state index contributed by atoms with van der Waals surface area (Å²) in [6, 6.07) is 14.6. The Balaban J connectivity index is 1.25. The monoisotopic (exact) mass is 627 g/mol. The lowest BCUT2D eigenvalue weighted by atomic mass is 9.95. The molecule has 1 heterocycles. The van der Waals surface area contributed by atoms with Crippen LogP contribution in [0.25, 0.3) is 22.2 Å². The lowest BCUT2D eigenvalue weighted by Gasteiger charge is -2.19. The molecule has 2 amide bonds. The largest absolute Gasteiger partial charge is 0.493 e. The van der Waals surface area contributed by atoms with Crippen LogP contribution in [0.2, 0.25) is 0 Å². The lowest BCUT2D eigenvalue weighted by Crippen LogP contribution is -2.26. The van der Waals surface area contributed by atoms with Gasteiger partial charge in [-0.3, -0.25) is 14.4 Å². The van der Waals surface area contributed by atoms with Crippen LogP contribution < -0.4 is 35.6 Å². The second-order valence-corrected chi connectivity index (χ2v) is 11.3. The van der Waals surface area contributed by atoms with Crippen LogP contribution in [0, 0.1) is 0 Å². The van der Waals surface area contributed by atoms with E-state index in [1.807, 2.05) is 36.4 Å². The fraction of sp³-hybridized carbons (Fsp3) is 0.371. The smallest absolute Gasteiger partial charge is 0.220 e. The standard InChI is InChI=1S/C35H41N5O6/c1-21(41)38-25-15-13-22-19-30(44-2)34(45-3)35(46-4)33(22)23-14-16-28(29(42)20-24(23)25)36-17-8-12-32(43)37-18-7-11-31-39-26-9-5-6-10-27(26)40-31/h5-6,9-10,14,16,19-20,25H,7-8,11-13,15,17-18H2,1-4H3,(H,36,42)(H,37,43)(H,38,41)(H,39,40)/t25-/m0/s1. The molecule has 46 heavy (non-hydrogen) atoms. The Bertz CT molecular complexity index is 1750. The second-order valence-electron chi connectivity index (χ2n) is 11.3. The molecule has 4 N–H and O–H groups in total. The number of aromatic amines is 1. The number of methoxy groups -OCH3 is 3. The summed E-state index contributed by atoms with van der Waals surface area (Å²) in [7, 11) is 4.69. The summed E-state index contributed by atoms with van der Waals surface area (Å²) >= 11 is 0. The molecule has 3 aromatic carbocycles. The Morgan fingerprint density at radius 2 is 1.78 bits per heavy atom. The highest BCUT2D eigenvalue weighted by atomic mass is 16.5. The normalized spacial score (nSPS) is 13.6. The van der Waals surface area contributed by atoms with E-state index in [0.717, 1.165) is 46.4 Å². The summed E-state index contributed by atoms with van der Waals surface area (Å²) in [5, 5.41) is 9.19. The minimum Gasteiger partial charge on any atom is -0.493 e. The maximum Gasteiger partial charge on any atom is 0.220 e. The molecule has 242 valence electrons. The predicted octanol–water partition coefficient (Wildman–Crippen LogP) is 4.68. The van der Waals surface area contributed by atoms with E-state index in [-0.39, 0.29) is 23.3 Å². The van der Waals surface area contributed by atoms with Crippen LogP contribution in [0.15, 0.2) is 53.3 Å². The maximum absolute atomic E-state index is 13.5. The lowest BCUT2D eigenvalue weighted by molar-refractivity contribution is -0.121. The van der Waals surface area contributed by atoms with Crippen molar-refractivity contribution >= 4 is 28.5 Å². The number of benzene rings is 2. The van der Waals surface area contributed by atoms with Crippen molar-refractivity contribution in [3.05, 3.63) is 75.7 Å². The van der Waals surface area contributed by atoms with Gasteiger partial charge in [-0.1, -0.05) is 18.2 Å². The van der Waals surface area contributed by atoms with Gasteiger partial charge in [-0.05, 0) is 72.7 Å². The summed E-state index contributed by atoms with van der Waals surface area (Å²) < 4.78 is 17.1. The van der Waals surface area contributed by atoms with Gasteiger partial charge in [0.1, 0.15) is 5.82 Å². The first kappa shape index (κ1) is 32.3. The van der Waals surface area contributed by atoms with Gasteiger partial charge in [0.25, 0.3) is 0 Å². The molecule has 11 heteroatoms. The van der Waals surface area contributed by atoms with Gasteiger partial charge in [-0.25, -0.2) is 4.98 Å². The number of H-pyrrole nitrogens is 1. The first-order valence-corrected chi connectivity index (χ1v) is 15.5. The molecule has 4 aromatic rings. The Hall–Kier alpha value is -5.06. The number of nitrogens with zero attached hydrogens (tertiary/aromatic N) is 1. The number of amides is 2. The van der Waals surface area contributed by atoms with E-state index in [4.69, 9.17) is 14.2 Å². The molecule has 0 aliphatic heterocycles. The molecule has 0 fully saturated rings. The van der Waals surface area contributed by atoms with Gasteiger partial charge in [-0.2, -0.15) is 0 Å². The van der Waals surface area contributed by atoms with Gasteiger partial charge in [0.2, 0.25) is 23.0 Å². The van der Waals surface area contributed by atoms with Crippen LogP contribution in [0.5, 0.6) is 17.2 Å². The summed E-state index contributed by atoms with van der Waals surface area (Å²) in [5.74, 6) is 2.18. The van der Waals surface area contributed by atoms with Crippen molar-refractivity contribution in [1.29, 1.82) is 0 Å². The molecule has 1 atom stereocenters. The van der Waals surface area contributed by atoms with Crippen molar-refractivity contribution in [3.63, 3.8) is 0 Å². The van der Waals surface area contributed by atoms with Crippen molar-refractivity contribution in [3.8, 4) is 28.4 Å². The van der Waals surface area contributed by atoms with Crippen molar-refractivity contribution in [2.45, 2.75) is 51.5 Å². The number of rotatable bonds is 13. The predicted molar refractivity (Wildman–Crippen MR) is 178 cm³/mol. The van der Waals surface area contributed by atoms with Crippen LogP contribution in [0.1, 0.15) is 55.6 Å². The number of aromatic nitrogens is 2. The summed E-state index contributed by atoms with van der Waals surface area (Å²) in [6.45, 7) is 2.47.